The first-order valence-corrected chi connectivity index (χ1v) is 6.50. The van der Waals surface area contributed by atoms with Gasteiger partial charge in [0.15, 0.2) is 0 Å². The lowest BCUT2D eigenvalue weighted by Crippen LogP contribution is -2.49. The number of anilines is 1. The van der Waals surface area contributed by atoms with Crippen molar-refractivity contribution in [1.82, 2.24) is 5.32 Å². The van der Waals surface area contributed by atoms with Crippen molar-refractivity contribution >= 4 is 30.5 Å². The number of halogens is 2. The second-order valence-corrected chi connectivity index (χ2v) is 4.58. The first kappa shape index (κ1) is 19.3. The molecule has 4 nitrogen and oxygen atoms in total. The van der Waals surface area contributed by atoms with Crippen LogP contribution in [0.15, 0.2) is 24.3 Å². The Kier molecular flexibility index (Phi) is 9.76. The number of methoxy groups -OCH3 is 1. The summed E-state index contributed by atoms with van der Waals surface area (Å²) in [6, 6.07) is 8.85. The van der Waals surface area contributed by atoms with Gasteiger partial charge in [0.1, 0.15) is 12.4 Å². The molecular formula is C14H24Cl2N2O2. The summed E-state index contributed by atoms with van der Waals surface area (Å²) in [7, 11) is 1.68. The Labute approximate surface area is 133 Å². The number of ether oxygens (including phenoxy) is 2. The zero-order valence-corrected chi connectivity index (χ0v) is 13.6. The summed E-state index contributed by atoms with van der Waals surface area (Å²) in [4.78, 5) is 2.43. The van der Waals surface area contributed by atoms with E-state index in [9.17, 15) is 0 Å². The summed E-state index contributed by atoms with van der Waals surface area (Å²) < 4.78 is 10.5. The van der Waals surface area contributed by atoms with Gasteiger partial charge in [-0.25, -0.2) is 0 Å². The minimum absolute atomic E-state index is 0. The Bertz CT molecular complexity index is 363. The fourth-order valence-electron chi connectivity index (χ4n) is 2.20. The SMILES string of the molecule is COCCOc1ccc(N2CCNC[C@H]2C)cc1.Cl.Cl. The molecule has 1 fully saturated rings. The van der Waals surface area contributed by atoms with Crippen molar-refractivity contribution in [3.8, 4) is 5.75 Å². The molecule has 116 valence electrons. The molecule has 0 unspecified atom stereocenters. The van der Waals surface area contributed by atoms with Gasteiger partial charge in [0, 0.05) is 38.5 Å². The average Bonchev–Trinajstić information content (AvgIpc) is 2.41. The van der Waals surface area contributed by atoms with Gasteiger partial charge in [-0.2, -0.15) is 0 Å². The number of piperazine rings is 1. The summed E-state index contributed by atoms with van der Waals surface area (Å²) in [5.74, 6) is 0.901. The van der Waals surface area contributed by atoms with E-state index in [0.29, 0.717) is 19.3 Å². The van der Waals surface area contributed by atoms with E-state index >= 15 is 0 Å². The van der Waals surface area contributed by atoms with Crippen LogP contribution in [0, 0.1) is 0 Å². The van der Waals surface area contributed by atoms with Crippen LogP contribution in [-0.4, -0.2) is 46.0 Å². The summed E-state index contributed by atoms with van der Waals surface area (Å²) in [6.45, 7) is 6.62. The third-order valence-electron chi connectivity index (χ3n) is 3.23. The van der Waals surface area contributed by atoms with E-state index in [1.807, 2.05) is 12.1 Å². The fraction of sp³-hybridized carbons (Fsp3) is 0.571. The van der Waals surface area contributed by atoms with Gasteiger partial charge >= 0.3 is 0 Å². The molecule has 0 radical (unpaired) electrons. The molecule has 1 aromatic rings. The van der Waals surface area contributed by atoms with Crippen LogP contribution >= 0.6 is 24.8 Å². The summed E-state index contributed by atoms with van der Waals surface area (Å²) in [5.41, 5.74) is 1.27. The normalized spacial score (nSPS) is 17.9. The molecule has 0 bridgehead atoms. The number of hydrogen-bond acceptors (Lipinski definition) is 4. The van der Waals surface area contributed by atoms with E-state index in [1.54, 1.807) is 7.11 Å². The zero-order valence-electron chi connectivity index (χ0n) is 12.0. The van der Waals surface area contributed by atoms with Crippen LogP contribution in [0.1, 0.15) is 6.92 Å². The Morgan fingerprint density at radius 1 is 1.20 bits per heavy atom. The van der Waals surface area contributed by atoms with Crippen molar-refractivity contribution in [3.05, 3.63) is 24.3 Å². The van der Waals surface area contributed by atoms with E-state index in [1.165, 1.54) is 5.69 Å². The second-order valence-electron chi connectivity index (χ2n) is 4.58. The fourth-order valence-corrected chi connectivity index (χ4v) is 2.20. The molecule has 6 heteroatoms. The molecule has 0 amide bonds. The Balaban J connectivity index is 0.00000180. The van der Waals surface area contributed by atoms with Crippen molar-refractivity contribution in [3.63, 3.8) is 0 Å². The molecule has 0 saturated carbocycles. The predicted octanol–water partition coefficient (Wildman–Crippen LogP) is 2.35. The summed E-state index contributed by atoms with van der Waals surface area (Å²) in [6.07, 6.45) is 0. The molecular weight excluding hydrogens is 299 g/mol. The van der Waals surface area contributed by atoms with Gasteiger partial charge in [-0.15, -0.1) is 24.8 Å². The Morgan fingerprint density at radius 3 is 2.50 bits per heavy atom. The smallest absolute Gasteiger partial charge is 0.119 e. The Hall–Kier alpha value is -0.680. The number of nitrogens with one attached hydrogen (secondary N) is 1. The van der Waals surface area contributed by atoms with Crippen molar-refractivity contribution < 1.29 is 9.47 Å². The highest BCUT2D eigenvalue weighted by Crippen LogP contribution is 2.21. The second kappa shape index (κ2) is 10.1. The number of nitrogens with zero attached hydrogens (tertiary/aromatic N) is 1. The molecule has 1 saturated heterocycles. The molecule has 0 aromatic heterocycles. The first-order chi connectivity index (χ1) is 8.81. The number of benzene rings is 1. The van der Waals surface area contributed by atoms with E-state index in [-0.39, 0.29) is 24.8 Å². The van der Waals surface area contributed by atoms with Crippen molar-refractivity contribution in [2.45, 2.75) is 13.0 Å². The van der Waals surface area contributed by atoms with Gasteiger partial charge in [-0.05, 0) is 31.2 Å². The van der Waals surface area contributed by atoms with Gasteiger partial charge in [0.25, 0.3) is 0 Å². The Morgan fingerprint density at radius 2 is 1.90 bits per heavy atom. The largest absolute Gasteiger partial charge is 0.491 e. The minimum atomic E-state index is 0. The maximum Gasteiger partial charge on any atom is 0.119 e. The summed E-state index contributed by atoms with van der Waals surface area (Å²) >= 11 is 0. The van der Waals surface area contributed by atoms with Gasteiger partial charge in [0.2, 0.25) is 0 Å². The molecule has 1 aliphatic rings. The highest BCUT2D eigenvalue weighted by molar-refractivity contribution is 5.85. The molecule has 1 aliphatic heterocycles. The van der Waals surface area contributed by atoms with Gasteiger partial charge in [-0.3, -0.25) is 0 Å². The number of rotatable bonds is 5. The standard InChI is InChI=1S/C14H22N2O2.2ClH/c1-12-11-15-7-8-16(12)13-3-5-14(6-4-13)18-10-9-17-2;;/h3-6,12,15H,7-11H2,1-2H3;2*1H/t12-;;/m1../s1. The zero-order chi connectivity index (χ0) is 12.8. The minimum Gasteiger partial charge on any atom is -0.491 e. The van der Waals surface area contributed by atoms with Crippen LogP contribution < -0.4 is 15.0 Å². The number of hydrogen-bond donors (Lipinski definition) is 1. The quantitative estimate of drug-likeness (QED) is 0.844. The lowest BCUT2D eigenvalue weighted by Gasteiger charge is -2.35. The first-order valence-electron chi connectivity index (χ1n) is 6.50. The average molecular weight is 323 g/mol. The van der Waals surface area contributed by atoms with Gasteiger partial charge in [0.05, 0.1) is 6.61 Å². The van der Waals surface area contributed by atoms with E-state index in [0.717, 1.165) is 25.4 Å². The molecule has 0 spiro atoms. The highest BCUT2D eigenvalue weighted by atomic mass is 35.5. The third-order valence-corrected chi connectivity index (χ3v) is 3.23. The van der Waals surface area contributed by atoms with Crippen molar-refractivity contribution in [2.75, 3.05) is 44.9 Å². The molecule has 1 N–H and O–H groups in total. The van der Waals surface area contributed by atoms with Gasteiger partial charge < -0.3 is 19.7 Å². The van der Waals surface area contributed by atoms with Crippen LogP contribution in [0.2, 0.25) is 0 Å². The molecule has 2 rings (SSSR count). The lowest BCUT2D eigenvalue weighted by atomic mass is 10.2. The van der Waals surface area contributed by atoms with Crippen LogP contribution in [0.5, 0.6) is 5.75 Å². The summed E-state index contributed by atoms with van der Waals surface area (Å²) in [5, 5.41) is 3.40. The van der Waals surface area contributed by atoms with Crippen LogP contribution in [0.25, 0.3) is 0 Å². The molecule has 20 heavy (non-hydrogen) atoms. The van der Waals surface area contributed by atoms with E-state index in [4.69, 9.17) is 9.47 Å². The van der Waals surface area contributed by atoms with Crippen molar-refractivity contribution in [1.29, 1.82) is 0 Å². The lowest BCUT2D eigenvalue weighted by molar-refractivity contribution is 0.146. The van der Waals surface area contributed by atoms with E-state index < -0.39 is 0 Å². The maximum atomic E-state index is 5.56. The van der Waals surface area contributed by atoms with Crippen molar-refractivity contribution in [2.24, 2.45) is 0 Å². The predicted molar refractivity (Wildman–Crippen MR) is 88.0 cm³/mol. The third kappa shape index (κ3) is 5.37. The topological polar surface area (TPSA) is 33.7 Å². The highest BCUT2D eigenvalue weighted by Gasteiger charge is 2.17. The van der Waals surface area contributed by atoms with Crippen LogP contribution in [0.4, 0.5) is 5.69 Å². The molecule has 1 heterocycles. The molecule has 0 aliphatic carbocycles. The van der Waals surface area contributed by atoms with Crippen LogP contribution in [-0.2, 0) is 4.74 Å². The maximum absolute atomic E-state index is 5.56. The molecule has 1 atom stereocenters. The van der Waals surface area contributed by atoms with E-state index in [2.05, 4.69) is 29.3 Å². The van der Waals surface area contributed by atoms with Crippen LogP contribution in [0.3, 0.4) is 0 Å². The molecule has 1 aromatic carbocycles. The monoisotopic (exact) mass is 322 g/mol. The van der Waals surface area contributed by atoms with Gasteiger partial charge in [-0.1, -0.05) is 0 Å².